The Kier molecular flexibility index (Phi) is 8.65. The molecule has 0 unspecified atom stereocenters. The summed E-state index contributed by atoms with van der Waals surface area (Å²) in [6.07, 6.45) is 6.22. The van der Waals surface area contributed by atoms with E-state index in [9.17, 15) is 8.42 Å². The van der Waals surface area contributed by atoms with Crippen LogP contribution < -0.4 is 10.6 Å². The highest BCUT2D eigenvalue weighted by Crippen LogP contribution is 2.08. The van der Waals surface area contributed by atoms with Gasteiger partial charge in [-0.05, 0) is 12.8 Å². The first-order valence-electron chi connectivity index (χ1n) is 7.29. The van der Waals surface area contributed by atoms with Crippen LogP contribution in [0.25, 0.3) is 0 Å². The molecule has 128 valence electrons. The molecule has 0 saturated carbocycles. The van der Waals surface area contributed by atoms with Crippen LogP contribution in [0.2, 0.25) is 0 Å². The molecule has 1 aliphatic heterocycles. The summed E-state index contributed by atoms with van der Waals surface area (Å²) in [7, 11) is -1.53. The summed E-state index contributed by atoms with van der Waals surface area (Å²) in [5.74, 6) is 0.720. The van der Waals surface area contributed by atoms with Crippen LogP contribution >= 0.6 is 24.0 Å². The molecule has 1 saturated heterocycles. The molecule has 0 radical (unpaired) electrons. The smallest absolute Gasteiger partial charge is 0.215 e. The molecular weight excluding hydrogens is 419 g/mol. The first-order valence-corrected chi connectivity index (χ1v) is 8.90. The van der Waals surface area contributed by atoms with Crippen molar-refractivity contribution < 1.29 is 13.2 Å². The minimum absolute atomic E-state index is 0. The Balaban J connectivity index is 0.00000242. The molecule has 0 bridgehead atoms. The van der Waals surface area contributed by atoms with Crippen molar-refractivity contribution in [3.05, 3.63) is 12.2 Å². The van der Waals surface area contributed by atoms with Gasteiger partial charge in [-0.1, -0.05) is 12.2 Å². The SMILES string of the molecule is CN=C(NCCS(=O)(=O)N1CCOCC1)NC1CC=CC1.I. The highest BCUT2D eigenvalue weighted by atomic mass is 127. The summed E-state index contributed by atoms with van der Waals surface area (Å²) in [5.41, 5.74) is 0. The Bertz CT molecular complexity index is 482. The summed E-state index contributed by atoms with van der Waals surface area (Å²) < 4.78 is 31.0. The van der Waals surface area contributed by atoms with E-state index in [-0.39, 0.29) is 29.7 Å². The van der Waals surface area contributed by atoms with Crippen molar-refractivity contribution >= 4 is 40.0 Å². The topological polar surface area (TPSA) is 83.0 Å². The van der Waals surface area contributed by atoms with Crippen LogP contribution in [0.3, 0.4) is 0 Å². The number of rotatable bonds is 5. The predicted molar refractivity (Wildman–Crippen MR) is 98.3 cm³/mol. The number of sulfonamides is 1. The third-order valence-corrected chi connectivity index (χ3v) is 5.46. The number of nitrogens with zero attached hydrogens (tertiary/aromatic N) is 2. The van der Waals surface area contributed by atoms with Crippen molar-refractivity contribution in [3.8, 4) is 0 Å². The van der Waals surface area contributed by atoms with Crippen LogP contribution in [-0.4, -0.2) is 70.4 Å². The zero-order chi connectivity index (χ0) is 15.1. The van der Waals surface area contributed by atoms with Crippen LogP contribution in [0.5, 0.6) is 0 Å². The zero-order valence-electron chi connectivity index (χ0n) is 12.8. The van der Waals surface area contributed by atoms with Gasteiger partial charge in [-0.15, -0.1) is 24.0 Å². The number of halogens is 1. The predicted octanol–water partition coefficient (Wildman–Crippen LogP) is 0.150. The molecule has 0 amide bonds. The lowest BCUT2D eigenvalue weighted by Gasteiger charge is -2.26. The van der Waals surface area contributed by atoms with Crippen molar-refractivity contribution in [2.24, 2.45) is 4.99 Å². The number of ether oxygens (including phenoxy) is 1. The summed E-state index contributed by atoms with van der Waals surface area (Å²) in [4.78, 5) is 4.12. The van der Waals surface area contributed by atoms with Crippen LogP contribution in [0.4, 0.5) is 0 Å². The second-order valence-electron chi connectivity index (χ2n) is 5.11. The molecular formula is C13H25IN4O3S. The van der Waals surface area contributed by atoms with Crippen LogP contribution in [-0.2, 0) is 14.8 Å². The van der Waals surface area contributed by atoms with Gasteiger partial charge in [-0.2, -0.15) is 4.31 Å². The zero-order valence-corrected chi connectivity index (χ0v) is 16.0. The van der Waals surface area contributed by atoms with Crippen molar-refractivity contribution in [3.63, 3.8) is 0 Å². The van der Waals surface area contributed by atoms with E-state index in [1.807, 2.05) is 0 Å². The van der Waals surface area contributed by atoms with E-state index in [4.69, 9.17) is 4.74 Å². The Morgan fingerprint density at radius 2 is 1.95 bits per heavy atom. The lowest BCUT2D eigenvalue weighted by molar-refractivity contribution is 0.0730. The normalized spacial score (nSPS) is 20.7. The quantitative estimate of drug-likeness (QED) is 0.273. The van der Waals surface area contributed by atoms with Gasteiger partial charge in [0, 0.05) is 32.7 Å². The molecule has 0 aromatic carbocycles. The summed E-state index contributed by atoms with van der Waals surface area (Å²) in [6, 6.07) is 0.354. The molecule has 1 aliphatic carbocycles. The minimum atomic E-state index is -3.22. The maximum Gasteiger partial charge on any atom is 0.215 e. The molecule has 1 heterocycles. The first kappa shape index (κ1) is 19.7. The number of morpholine rings is 1. The van der Waals surface area contributed by atoms with E-state index < -0.39 is 10.0 Å². The highest BCUT2D eigenvalue weighted by molar-refractivity contribution is 14.0. The highest BCUT2D eigenvalue weighted by Gasteiger charge is 2.23. The number of nitrogens with one attached hydrogen (secondary N) is 2. The Labute approximate surface area is 149 Å². The lowest BCUT2D eigenvalue weighted by Crippen LogP contribution is -2.46. The fraction of sp³-hybridized carbons (Fsp3) is 0.769. The van der Waals surface area contributed by atoms with Gasteiger partial charge in [0.2, 0.25) is 10.0 Å². The standard InChI is InChI=1S/C13H24N4O3S.HI/c1-14-13(16-12-4-2-3-5-12)15-6-11-21(18,19)17-7-9-20-10-8-17;/h2-3,12H,4-11H2,1H3,(H2,14,15,16);1H. The summed E-state index contributed by atoms with van der Waals surface area (Å²) in [6.45, 7) is 2.20. The van der Waals surface area contributed by atoms with Crippen molar-refractivity contribution in [2.45, 2.75) is 18.9 Å². The van der Waals surface area contributed by atoms with E-state index in [1.54, 1.807) is 7.05 Å². The van der Waals surface area contributed by atoms with Gasteiger partial charge in [0.1, 0.15) is 0 Å². The van der Waals surface area contributed by atoms with Gasteiger partial charge in [0.05, 0.1) is 19.0 Å². The number of hydrogen-bond donors (Lipinski definition) is 2. The largest absolute Gasteiger partial charge is 0.379 e. The van der Waals surface area contributed by atoms with E-state index in [1.165, 1.54) is 4.31 Å². The number of aliphatic imine (C=N–C) groups is 1. The Morgan fingerprint density at radius 1 is 1.32 bits per heavy atom. The minimum Gasteiger partial charge on any atom is -0.379 e. The monoisotopic (exact) mass is 444 g/mol. The summed E-state index contributed by atoms with van der Waals surface area (Å²) in [5, 5.41) is 6.34. The second-order valence-corrected chi connectivity index (χ2v) is 7.20. The van der Waals surface area contributed by atoms with E-state index >= 15 is 0 Å². The fourth-order valence-corrected chi connectivity index (χ4v) is 3.70. The van der Waals surface area contributed by atoms with Crippen molar-refractivity contribution in [1.82, 2.24) is 14.9 Å². The van der Waals surface area contributed by atoms with Gasteiger partial charge in [-0.25, -0.2) is 8.42 Å². The molecule has 22 heavy (non-hydrogen) atoms. The molecule has 2 N–H and O–H groups in total. The maximum absolute atomic E-state index is 12.2. The number of hydrogen-bond acceptors (Lipinski definition) is 4. The Hall–Kier alpha value is -0.390. The number of guanidine groups is 1. The van der Waals surface area contributed by atoms with E-state index in [0.29, 0.717) is 44.8 Å². The molecule has 9 heteroatoms. The summed E-state index contributed by atoms with van der Waals surface area (Å²) >= 11 is 0. The third kappa shape index (κ3) is 6.01. The molecule has 0 aromatic heterocycles. The molecule has 0 spiro atoms. The molecule has 7 nitrogen and oxygen atoms in total. The van der Waals surface area contributed by atoms with E-state index in [2.05, 4.69) is 27.8 Å². The van der Waals surface area contributed by atoms with Crippen LogP contribution in [0, 0.1) is 0 Å². The Morgan fingerprint density at radius 3 is 2.55 bits per heavy atom. The average molecular weight is 444 g/mol. The van der Waals surface area contributed by atoms with Gasteiger partial charge in [0.25, 0.3) is 0 Å². The average Bonchev–Trinajstić information content (AvgIpc) is 3.00. The van der Waals surface area contributed by atoms with Crippen molar-refractivity contribution in [2.75, 3.05) is 45.6 Å². The molecule has 0 atom stereocenters. The fourth-order valence-electron chi connectivity index (χ4n) is 2.38. The van der Waals surface area contributed by atoms with Gasteiger partial charge in [-0.3, -0.25) is 4.99 Å². The van der Waals surface area contributed by atoms with Crippen LogP contribution in [0.15, 0.2) is 17.1 Å². The maximum atomic E-state index is 12.2. The van der Waals surface area contributed by atoms with Crippen LogP contribution in [0.1, 0.15) is 12.8 Å². The van der Waals surface area contributed by atoms with E-state index in [0.717, 1.165) is 12.8 Å². The van der Waals surface area contributed by atoms with Gasteiger partial charge >= 0.3 is 0 Å². The molecule has 2 aliphatic rings. The van der Waals surface area contributed by atoms with Gasteiger partial charge < -0.3 is 15.4 Å². The van der Waals surface area contributed by atoms with Gasteiger partial charge in [0.15, 0.2) is 5.96 Å². The lowest BCUT2D eigenvalue weighted by atomic mass is 10.2. The third-order valence-electron chi connectivity index (χ3n) is 3.59. The van der Waals surface area contributed by atoms with Crippen molar-refractivity contribution in [1.29, 1.82) is 0 Å². The molecule has 0 aromatic rings. The molecule has 1 fully saturated rings. The molecule has 2 rings (SSSR count). The first-order chi connectivity index (χ1) is 10.1. The second kappa shape index (κ2) is 9.68.